The summed E-state index contributed by atoms with van der Waals surface area (Å²) in [6, 6.07) is 1.45. The van der Waals surface area contributed by atoms with Crippen LogP contribution < -0.4 is 16.0 Å². The average molecular weight is 388 g/mol. The zero-order valence-corrected chi connectivity index (χ0v) is 15.4. The van der Waals surface area contributed by atoms with Crippen LogP contribution in [0.3, 0.4) is 0 Å². The van der Waals surface area contributed by atoms with Crippen LogP contribution in [0.1, 0.15) is 50.0 Å². The third-order valence-electron chi connectivity index (χ3n) is 5.19. The van der Waals surface area contributed by atoms with Gasteiger partial charge in [0.2, 0.25) is 5.96 Å². The Labute approximate surface area is 154 Å². The summed E-state index contributed by atoms with van der Waals surface area (Å²) >= 11 is 1.18. The van der Waals surface area contributed by atoms with Crippen LogP contribution >= 0.6 is 11.9 Å². The van der Waals surface area contributed by atoms with Gasteiger partial charge in [-0.3, -0.25) is 9.98 Å². The van der Waals surface area contributed by atoms with Crippen molar-refractivity contribution in [1.29, 1.82) is 5.41 Å². The van der Waals surface area contributed by atoms with E-state index in [-0.39, 0.29) is 30.2 Å². The van der Waals surface area contributed by atoms with E-state index in [2.05, 4.69) is 4.40 Å². The molecule has 3 N–H and O–H groups in total. The van der Waals surface area contributed by atoms with Crippen molar-refractivity contribution in [2.75, 3.05) is 12.9 Å². The number of rotatable bonds is 5. The zero-order valence-electron chi connectivity index (χ0n) is 14.6. The summed E-state index contributed by atoms with van der Waals surface area (Å²) in [5.41, 5.74) is 4.94. The second-order valence-corrected chi connectivity index (χ2v) is 7.58. The van der Waals surface area contributed by atoms with E-state index in [1.807, 2.05) is 0 Å². The van der Waals surface area contributed by atoms with E-state index in [0.717, 1.165) is 18.4 Å². The van der Waals surface area contributed by atoms with Gasteiger partial charge in [0.1, 0.15) is 17.8 Å². The molecule has 0 unspecified atom stereocenters. The Morgan fingerprint density at radius 3 is 2.62 bits per heavy atom. The van der Waals surface area contributed by atoms with Gasteiger partial charge >= 0.3 is 6.18 Å². The third-order valence-corrected chi connectivity index (χ3v) is 5.56. The molecule has 0 amide bonds. The summed E-state index contributed by atoms with van der Waals surface area (Å²) < 4.78 is 51.9. The molecule has 1 aromatic heterocycles. The quantitative estimate of drug-likeness (QED) is 0.458. The molecule has 2 fully saturated rings. The van der Waals surface area contributed by atoms with Gasteiger partial charge in [-0.1, -0.05) is 12.8 Å². The summed E-state index contributed by atoms with van der Waals surface area (Å²) in [7, 11) is 0. The monoisotopic (exact) mass is 388 g/mol. The molecule has 0 aliphatic heterocycles. The number of nitrogens with one attached hydrogen (secondary N) is 1. The van der Waals surface area contributed by atoms with Gasteiger partial charge in [0.15, 0.2) is 0 Å². The minimum absolute atomic E-state index is 0.0344. The molecule has 0 saturated heterocycles. The predicted octanol–water partition coefficient (Wildman–Crippen LogP) is 3.79. The van der Waals surface area contributed by atoms with Crippen LogP contribution in [0.2, 0.25) is 0 Å². The van der Waals surface area contributed by atoms with Crippen LogP contribution in [0.15, 0.2) is 16.7 Å². The van der Waals surface area contributed by atoms with Gasteiger partial charge in [0.25, 0.3) is 0 Å². The first-order chi connectivity index (χ1) is 12.3. The summed E-state index contributed by atoms with van der Waals surface area (Å²) in [6.45, 7) is -0.395. The number of ether oxygens (including phenoxy) is 1. The lowest BCUT2D eigenvalue weighted by Crippen LogP contribution is -2.41. The van der Waals surface area contributed by atoms with Crippen LogP contribution in [0.25, 0.3) is 0 Å². The largest absolute Gasteiger partial charge is 0.492 e. The van der Waals surface area contributed by atoms with E-state index in [0.29, 0.717) is 18.6 Å². The SMILES string of the molecule is CS/N=C(\N)n1cc(C2CC2)c(OCC2(C(F)(F)F)CCCC2)cc1=N. The Bertz CT molecular complexity index is 749. The number of alkyl halides is 3. The minimum Gasteiger partial charge on any atom is -0.492 e. The highest BCUT2D eigenvalue weighted by atomic mass is 32.2. The Kier molecular flexibility index (Phi) is 5.28. The molecule has 0 spiro atoms. The molecule has 2 aliphatic carbocycles. The molecule has 0 bridgehead atoms. The number of hydrogen-bond donors (Lipinski definition) is 2. The van der Waals surface area contributed by atoms with Crippen molar-refractivity contribution in [3.05, 3.63) is 23.3 Å². The Morgan fingerprint density at radius 1 is 1.42 bits per heavy atom. The molecule has 0 aromatic carbocycles. The maximum absolute atomic E-state index is 13.6. The molecule has 144 valence electrons. The highest BCUT2D eigenvalue weighted by Gasteiger charge is 2.56. The van der Waals surface area contributed by atoms with E-state index in [1.54, 1.807) is 12.5 Å². The van der Waals surface area contributed by atoms with E-state index >= 15 is 0 Å². The third kappa shape index (κ3) is 3.72. The van der Waals surface area contributed by atoms with Crippen molar-refractivity contribution >= 4 is 17.9 Å². The standard InChI is InChI=1S/C17H23F3N4OS/c1-26-23-15(22)24-9-12(11-4-5-11)13(8-14(24)21)25-10-16(17(18,19)20)6-2-3-7-16/h8-9,11,21H,2-7,10H2,1H3,(H2,22,23). The van der Waals surface area contributed by atoms with E-state index in [1.165, 1.54) is 22.6 Å². The van der Waals surface area contributed by atoms with Gasteiger partial charge in [-0.25, -0.2) is 0 Å². The van der Waals surface area contributed by atoms with Crippen LogP contribution in [0.5, 0.6) is 5.75 Å². The molecule has 3 rings (SSSR count). The fourth-order valence-corrected chi connectivity index (χ4v) is 3.75. The topological polar surface area (TPSA) is 76.4 Å². The average Bonchev–Trinajstić information content (AvgIpc) is 3.29. The Hall–Kier alpha value is -1.64. The van der Waals surface area contributed by atoms with Gasteiger partial charge in [-0.2, -0.15) is 17.6 Å². The molecule has 26 heavy (non-hydrogen) atoms. The molecule has 9 heteroatoms. The molecule has 1 heterocycles. The summed E-state index contributed by atoms with van der Waals surface area (Å²) in [5.74, 6) is 0.768. The lowest BCUT2D eigenvalue weighted by atomic mass is 9.86. The Morgan fingerprint density at radius 2 is 2.08 bits per heavy atom. The molecular formula is C17H23F3N4OS. The number of halogens is 3. The summed E-state index contributed by atoms with van der Waals surface area (Å²) in [5, 5.41) is 8.13. The molecular weight excluding hydrogens is 365 g/mol. The predicted molar refractivity (Wildman–Crippen MR) is 95.2 cm³/mol. The van der Waals surface area contributed by atoms with Crippen molar-refractivity contribution < 1.29 is 17.9 Å². The van der Waals surface area contributed by atoms with E-state index in [4.69, 9.17) is 15.9 Å². The zero-order chi connectivity index (χ0) is 18.9. The van der Waals surface area contributed by atoms with Crippen molar-refractivity contribution in [3.8, 4) is 5.75 Å². The fourth-order valence-electron chi connectivity index (χ4n) is 3.48. The summed E-state index contributed by atoms with van der Waals surface area (Å²) in [4.78, 5) is 0. The lowest BCUT2D eigenvalue weighted by molar-refractivity contribution is -0.230. The highest BCUT2D eigenvalue weighted by Crippen LogP contribution is 2.51. The first-order valence-electron chi connectivity index (χ1n) is 8.65. The van der Waals surface area contributed by atoms with Gasteiger partial charge in [-0.15, -0.1) is 0 Å². The van der Waals surface area contributed by atoms with Crippen LogP contribution in [-0.4, -0.2) is 29.6 Å². The van der Waals surface area contributed by atoms with Crippen molar-refractivity contribution in [2.45, 2.75) is 50.6 Å². The molecule has 2 saturated carbocycles. The van der Waals surface area contributed by atoms with Crippen molar-refractivity contribution in [2.24, 2.45) is 15.5 Å². The van der Waals surface area contributed by atoms with Gasteiger partial charge < -0.3 is 10.5 Å². The lowest BCUT2D eigenvalue weighted by Gasteiger charge is -2.31. The maximum Gasteiger partial charge on any atom is 0.397 e. The van der Waals surface area contributed by atoms with Crippen molar-refractivity contribution in [3.63, 3.8) is 0 Å². The number of aromatic nitrogens is 1. The second-order valence-electron chi connectivity index (χ2n) is 7.03. The highest BCUT2D eigenvalue weighted by molar-refractivity contribution is 7.97. The van der Waals surface area contributed by atoms with E-state index in [9.17, 15) is 13.2 Å². The molecule has 5 nitrogen and oxygen atoms in total. The van der Waals surface area contributed by atoms with Gasteiger partial charge in [0.05, 0.1) is 5.41 Å². The van der Waals surface area contributed by atoms with Crippen LogP contribution in [0.4, 0.5) is 13.2 Å². The maximum atomic E-state index is 13.6. The van der Waals surface area contributed by atoms with E-state index < -0.39 is 18.2 Å². The van der Waals surface area contributed by atoms with Crippen LogP contribution in [0, 0.1) is 10.8 Å². The second kappa shape index (κ2) is 7.17. The molecule has 2 aliphatic rings. The molecule has 0 atom stereocenters. The smallest absolute Gasteiger partial charge is 0.397 e. The van der Waals surface area contributed by atoms with Gasteiger partial charge in [-0.05, 0) is 43.5 Å². The first-order valence-corrected chi connectivity index (χ1v) is 9.83. The minimum atomic E-state index is -4.28. The summed E-state index contributed by atoms with van der Waals surface area (Å²) in [6.07, 6.45) is 2.41. The van der Waals surface area contributed by atoms with Gasteiger partial charge in [0, 0.05) is 24.1 Å². The number of nitrogens with zero attached hydrogens (tertiary/aromatic N) is 2. The molecule has 0 radical (unpaired) electrons. The normalized spacial score (nSPS) is 20.4. The Balaban J connectivity index is 1.89. The first kappa shape index (κ1) is 19.1. The fraction of sp³-hybridized carbons (Fsp3) is 0.647. The number of hydrogen-bond acceptors (Lipinski definition) is 4. The van der Waals surface area contributed by atoms with Crippen molar-refractivity contribution in [1.82, 2.24) is 4.57 Å². The number of nitrogens with two attached hydrogens (primary N) is 1. The van der Waals surface area contributed by atoms with Crippen LogP contribution in [-0.2, 0) is 0 Å². The molecule has 1 aromatic rings. The number of pyridine rings is 1.